The van der Waals surface area contributed by atoms with Gasteiger partial charge in [-0.25, -0.2) is 4.98 Å². The van der Waals surface area contributed by atoms with E-state index in [-0.39, 0.29) is 5.91 Å². The van der Waals surface area contributed by atoms with Crippen LogP contribution in [0.25, 0.3) is 0 Å². The van der Waals surface area contributed by atoms with Gasteiger partial charge in [-0.3, -0.25) is 9.78 Å². The van der Waals surface area contributed by atoms with Crippen LogP contribution in [0.1, 0.15) is 15.9 Å². The molecule has 0 atom stereocenters. The number of aromatic nitrogens is 2. The number of nitrogens with one attached hydrogen (secondary N) is 1. The number of ether oxygens (including phenoxy) is 2. The Balaban J connectivity index is 1.71. The maximum atomic E-state index is 12.8. The topological polar surface area (TPSA) is 76.6 Å². The zero-order valence-corrected chi connectivity index (χ0v) is 16.8. The largest absolute Gasteiger partial charge is 0.497 e. The van der Waals surface area contributed by atoms with Crippen LogP contribution >= 0.6 is 0 Å². The van der Waals surface area contributed by atoms with Crippen molar-refractivity contribution in [2.45, 2.75) is 6.42 Å². The number of hydrogen-bond donors (Lipinski definition) is 1. The highest BCUT2D eigenvalue weighted by Gasteiger charge is 2.13. The molecule has 3 aromatic rings. The third kappa shape index (κ3) is 5.22. The molecule has 2 aromatic heterocycles. The van der Waals surface area contributed by atoms with Crippen LogP contribution in [0.2, 0.25) is 0 Å². The van der Waals surface area contributed by atoms with E-state index in [4.69, 9.17) is 9.47 Å². The van der Waals surface area contributed by atoms with Crippen molar-refractivity contribution in [1.29, 1.82) is 0 Å². The van der Waals surface area contributed by atoms with Crippen molar-refractivity contribution in [1.82, 2.24) is 14.9 Å². The predicted molar refractivity (Wildman–Crippen MR) is 112 cm³/mol. The lowest BCUT2D eigenvalue weighted by Crippen LogP contribution is -2.28. The summed E-state index contributed by atoms with van der Waals surface area (Å²) < 4.78 is 10.6. The summed E-state index contributed by atoms with van der Waals surface area (Å²) in [6.07, 6.45) is 5.89. The summed E-state index contributed by atoms with van der Waals surface area (Å²) in [7, 11) is 4.99. The third-order valence-electron chi connectivity index (χ3n) is 4.51. The van der Waals surface area contributed by atoms with Gasteiger partial charge in [-0.1, -0.05) is 0 Å². The Morgan fingerprint density at radius 2 is 1.83 bits per heavy atom. The second-order valence-corrected chi connectivity index (χ2v) is 6.45. The van der Waals surface area contributed by atoms with Gasteiger partial charge in [-0.05, 0) is 48.4 Å². The molecule has 0 radical (unpaired) electrons. The van der Waals surface area contributed by atoms with Crippen LogP contribution < -0.4 is 14.8 Å². The van der Waals surface area contributed by atoms with Gasteiger partial charge in [0.1, 0.15) is 17.3 Å². The molecule has 7 heteroatoms. The second-order valence-electron chi connectivity index (χ2n) is 6.45. The van der Waals surface area contributed by atoms with Crippen LogP contribution in [0.4, 0.5) is 11.5 Å². The maximum absolute atomic E-state index is 12.8. The first kappa shape index (κ1) is 20.1. The van der Waals surface area contributed by atoms with E-state index in [2.05, 4.69) is 15.3 Å². The van der Waals surface area contributed by atoms with E-state index in [1.807, 2.05) is 30.3 Å². The molecule has 3 rings (SSSR count). The van der Waals surface area contributed by atoms with Crippen molar-refractivity contribution in [3.63, 3.8) is 0 Å². The average Bonchev–Trinajstić information content (AvgIpc) is 2.77. The molecule has 0 saturated carbocycles. The Hall–Kier alpha value is -3.61. The number of methoxy groups -OCH3 is 2. The monoisotopic (exact) mass is 392 g/mol. The minimum absolute atomic E-state index is 0.0675. The number of benzene rings is 1. The van der Waals surface area contributed by atoms with Gasteiger partial charge in [-0.15, -0.1) is 0 Å². The molecule has 0 aliphatic heterocycles. The molecule has 29 heavy (non-hydrogen) atoms. The van der Waals surface area contributed by atoms with E-state index in [9.17, 15) is 4.79 Å². The van der Waals surface area contributed by atoms with Crippen molar-refractivity contribution in [3.8, 4) is 11.5 Å². The molecule has 0 aliphatic carbocycles. The lowest BCUT2D eigenvalue weighted by molar-refractivity contribution is 0.0796. The van der Waals surface area contributed by atoms with Crippen LogP contribution in [0, 0.1) is 0 Å². The number of rotatable bonds is 8. The number of amides is 1. The smallest absolute Gasteiger partial charge is 0.253 e. The van der Waals surface area contributed by atoms with Gasteiger partial charge in [0.15, 0.2) is 0 Å². The highest BCUT2D eigenvalue weighted by molar-refractivity contribution is 5.94. The Kier molecular flexibility index (Phi) is 6.63. The van der Waals surface area contributed by atoms with Gasteiger partial charge in [0.05, 0.1) is 19.9 Å². The lowest BCUT2D eigenvalue weighted by atomic mass is 10.1. The third-order valence-corrected chi connectivity index (χ3v) is 4.51. The maximum Gasteiger partial charge on any atom is 0.253 e. The molecule has 150 valence electrons. The molecule has 2 heterocycles. The van der Waals surface area contributed by atoms with Crippen LogP contribution in [0.5, 0.6) is 11.5 Å². The summed E-state index contributed by atoms with van der Waals surface area (Å²) in [6.45, 7) is 0.609. The Morgan fingerprint density at radius 1 is 1.03 bits per heavy atom. The summed E-state index contributed by atoms with van der Waals surface area (Å²) in [6, 6.07) is 12.8. The quantitative estimate of drug-likeness (QED) is 0.632. The zero-order chi connectivity index (χ0) is 20.6. The van der Waals surface area contributed by atoms with Crippen LogP contribution in [0.3, 0.4) is 0 Å². The number of pyridine rings is 2. The molecule has 0 bridgehead atoms. The molecular weight excluding hydrogens is 368 g/mol. The predicted octanol–water partition coefficient (Wildman–Crippen LogP) is 3.55. The SMILES string of the molecule is COc1ccc(OC)c(Nc2cc(C(=O)N(C)CCc3ccncc3)ccn2)c1. The normalized spacial score (nSPS) is 10.3. The standard InChI is InChI=1S/C22H24N4O3/c1-26(13-9-16-6-10-23-11-7-16)22(27)17-8-12-24-21(14-17)25-19-15-18(28-2)4-5-20(19)29-3/h4-8,10-12,14-15H,9,13H2,1-3H3,(H,24,25). The van der Waals surface area contributed by atoms with Crippen LogP contribution in [-0.2, 0) is 6.42 Å². The van der Waals surface area contributed by atoms with E-state index in [1.165, 1.54) is 0 Å². The molecule has 0 fully saturated rings. The van der Waals surface area contributed by atoms with Crippen molar-refractivity contribution < 1.29 is 14.3 Å². The van der Waals surface area contributed by atoms with Crippen molar-refractivity contribution in [2.24, 2.45) is 0 Å². The fraction of sp³-hybridized carbons (Fsp3) is 0.227. The molecule has 1 aromatic carbocycles. The number of carbonyl (C=O) groups excluding carboxylic acids is 1. The summed E-state index contributed by atoms with van der Waals surface area (Å²) in [4.78, 5) is 22.8. The molecule has 0 aliphatic rings. The minimum atomic E-state index is -0.0675. The molecule has 1 amide bonds. The molecule has 0 spiro atoms. The van der Waals surface area contributed by atoms with E-state index in [0.29, 0.717) is 35.1 Å². The fourth-order valence-electron chi connectivity index (χ4n) is 2.85. The average molecular weight is 392 g/mol. The molecule has 1 N–H and O–H groups in total. The van der Waals surface area contributed by atoms with Gasteiger partial charge in [0.25, 0.3) is 5.91 Å². The van der Waals surface area contributed by atoms with Crippen molar-refractivity contribution >= 4 is 17.4 Å². The van der Waals surface area contributed by atoms with Gasteiger partial charge in [-0.2, -0.15) is 0 Å². The highest BCUT2D eigenvalue weighted by atomic mass is 16.5. The fourth-order valence-corrected chi connectivity index (χ4v) is 2.85. The highest BCUT2D eigenvalue weighted by Crippen LogP contribution is 2.31. The second kappa shape index (κ2) is 9.54. The first-order valence-electron chi connectivity index (χ1n) is 9.20. The van der Waals surface area contributed by atoms with Gasteiger partial charge >= 0.3 is 0 Å². The molecular formula is C22H24N4O3. The molecule has 0 unspecified atom stereocenters. The zero-order valence-electron chi connectivity index (χ0n) is 16.8. The van der Waals surface area contributed by atoms with Gasteiger partial charge in [0.2, 0.25) is 0 Å². The summed E-state index contributed by atoms with van der Waals surface area (Å²) >= 11 is 0. The Morgan fingerprint density at radius 3 is 2.55 bits per heavy atom. The minimum Gasteiger partial charge on any atom is -0.497 e. The lowest BCUT2D eigenvalue weighted by Gasteiger charge is -2.18. The summed E-state index contributed by atoms with van der Waals surface area (Å²) in [5.74, 6) is 1.82. The van der Waals surface area contributed by atoms with E-state index in [1.54, 1.807) is 56.9 Å². The summed E-state index contributed by atoms with van der Waals surface area (Å²) in [5, 5.41) is 3.20. The first-order chi connectivity index (χ1) is 14.1. The van der Waals surface area contributed by atoms with Crippen molar-refractivity contribution in [2.75, 3.05) is 33.1 Å². The first-order valence-corrected chi connectivity index (χ1v) is 9.20. The number of hydrogen-bond acceptors (Lipinski definition) is 6. The molecule has 7 nitrogen and oxygen atoms in total. The van der Waals surface area contributed by atoms with Gasteiger partial charge < -0.3 is 19.7 Å². The Labute approximate surface area is 170 Å². The number of likely N-dealkylation sites (N-methyl/N-ethyl adjacent to an activating group) is 1. The van der Waals surface area contributed by atoms with E-state index < -0.39 is 0 Å². The van der Waals surface area contributed by atoms with Crippen molar-refractivity contribution in [3.05, 3.63) is 72.2 Å². The number of carbonyl (C=O) groups is 1. The Bertz CT molecular complexity index is 963. The van der Waals surface area contributed by atoms with Crippen LogP contribution in [0.15, 0.2) is 61.1 Å². The van der Waals surface area contributed by atoms with E-state index in [0.717, 1.165) is 12.0 Å². The van der Waals surface area contributed by atoms with E-state index >= 15 is 0 Å². The number of anilines is 2. The van der Waals surface area contributed by atoms with Crippen LogP contribution in [-0.4, -0.2) is 48.6 Å². The van der Waals surface area contributed by atoms with Gasteiger partial charge in [0, 0.05) is 43.8 Å². The molecule has 0 saturated heterocycles. The summed E-state index contributed by atoms with van der Waals surface area (Å²) in [5.41, 5.74) is 2.40. The number of nitrogens with zero attached hydrogens (tertiary/aromatic N) is 3.